The van der Waals surface area contributed by atoms with Crippen molar-refractivity contribution in [1.29, 1.82) is 0 Å². The van der Waals surface area contributed by atoms with Gasteiger partial charge in [-0.15, -0.1) is 0 Å². The van der Waals surface area contributed by atoms with Crippen LogP contribution >= 0.6 is 0 Å². The van der Waals surface area contributed by atoms with Crippen LogP contribution in [0, 0.1) is 11.3 Å². The average molecular weight is 282 g/mol. The van der Waals surface area contributed by atoms with Crippen LogP contribution in [0.2, 0.25) is 0 Å². The Kier molecular flexibility index (Phi) is 4.55. The van der Waals surface area contributed by atoms with Gasteiger partial charge < -0.3 is 14.9 Å². The highest BCUT2D eigenvalue weighted by Gasteiger charge is 2.40. The maximum atomic E-state index is 12.6. The van der Waals surface area contributed by atoms with Crippen LogP contribution in [0.1, 0.15) is 46.0 Å². The monoisotopic (exact) mass is 282 g/mol. The van der Waals surface area contributed by atoms with Crippen LogP contribution in [0.4, 0.5) is 4.79 Å². The number of hydrogen-bond donors (Lipinski definition) is 1. The molecule has 2 unspecified atom stereocenters. The molecular weight excluding hydrogens is 256 g/mol. The van der Waals surface area contributed by atoms with E-state index >= 15 is 0 Å². The van der Waals surface area contributed by atoms with Crippen molar-refractivity contribution in [1.82, 2.24) is 9.80 Å². The zero-order chi connectivity index (χ0) is 14.8. The van der Waals surface area contributed by atoms with Crippen molar-refractivity contribution in [3.63, 3.8) is 0 Å². The highest BCUT2D eigenvalue weighted by atomic mass is 16.4. The van der Waals surface area contributed by atoms with Crippen LogP contribution in [-0.4, -0.2) is 53.1 Å². The van der Waals surface area contributed by atoms with Crippen molar-refractivity contribution >= 4 is 12.0 Å². The molecule has 2 aliphatic heterocycles. The van der Waals surface area contributed by atoms with Gasteiger partial charge in [0.25, 0.3) is 0 Å². The summed E-state index contributed by atoms with van der Waals surface area (Å²) in [7, 11) is 0. The van der Waals surface area contributed by atoms with Crippen LogP contribution < -0.4 is 0 Å². The second-order valence-electron chi connectivity index (χ2n) is 6.70. The molecule has 114 valence electrons. The van der Waals surface area contributed by atoms with E-state index < -0.39 is 11.4 Å². The first-order valence-corrected chi connectivity index (χ1v) is 7.69. The molecular formula is C15H26N2O3. The second-order valence-corrected chi connectivity index (χ2v) is 6.70. The number of urea groups is 1. The number of carboxylic acid groups (broad SMARTS) is 1. The molecule has 2 fully saturated rings. The lowest BCUT2D eigenvalue weighted by Crippen LogP contribution is -2.52. The van der Waals surface area contributed by atoms with Crippen LogP contribution in [0.25, 0.3) is 0 Å². The van der Waals surface area contributed by atoms with E-state index in [-0.39, 0.29) is 6.03 Å². The third kappa shape index (κ3) is 3.25. The van der Waals surface area contributed by atoms with Gasteiger partial charge in [0.05, 0.1) is 5.41 Å². The first-order valence-electron chi connectivity index (χ1n) is 7.69. The molecule has 0 spiro atoms. The van der Waals surface area contributed by atoms with Crippen molar-refractivity contribution in [2.45, 2.75) is 46.0 Å². The number of nitrogens with zero attached hydrogens (tertiary/aromatic N) is 2. The van der Waals surface area contributed by atoms with Gasteiger partial charge in [0.15, 0.2) is 0 Å². The standard InChI is InChI=1S/C15H26N2O3/c1-12-5-3-8-16(10-6-12)14(20)17-9-4-7-15(2,11-17)13(18)19/h12H,3-11H2,1-2H3,(H,18,19). The number of carboxylic acids is 1. The van der Waals surface area contributed by atoms with Gasteiger partial charge in [-0.3, -0.25) is 4.79 Å². The Labute approximate surface area is 120 Å². The fourth-order valence-electron chi connectivity index (χ4n) is 3.23. The van der Waals surface area contributed by atoms with Gasteiger partial charge in [0.1, 0.15) is 0 Å². The summed E-state index contributed by atoms with van der Waals surface area (Å²) >= 11 is 0. The summed E-state index contributed by atoms with van der Waals surface area (Å²) in [6, 6.07) is 0.0336. The lowest BCUT2D eigenvalue weighted by molar-refractivity contribution is -0.150. The number of rotatable bonds is 1. The number of piperidine rings is 1. The second kappa shape index (κ2) is 6.02. The van der Waals surface area contributed by atoms with Crippen LogP contribution in [-0.2, 0) is 4.79 Å². The Morgan fingerprint density at radius 2 is 1.80 bits per heavy atom. The SMILES string of the molecule is CC1CCCN(C(=O)N2CCCC(C)(C(=O)O)C2)CC1. The van der Waals surface area contributed by atoms with E-state index in [9.17, 15) is 14.7 Å². The molecule has 0 bridgehead atoms. The third-order valence-electron chi connectivity index (χ3n) is 4.77. The summed E-state index contributed by atoms with van der Waals surface area (Å²) in [6.45, 7) is 6.63. The van der Waals surface area contributed by atoms with Crippen molar-refractivity contribution in [2.24, 2.45) is 11.3 Å². The molecule has 2 rings (SSSR count). The molecule has 1 N–H and O–H groups in total. The van der Waals surface area contributed by atoms with Crippen molar-refractivity contribution in [3.05, 3.63) is 0 Å². The third-order valence-corrected chi connectivity index (χ3v) is 4.77. The highest BCUT2D eigenvalue weighted by molar-refractivity contribution is 5.78. The predicted octanol–water partition coefficient (Wildman–Crippen LogP) is 2.42. The minimum absolute atomic E-state index is 0.0336. The van der Waals surface area contributed by atoms with Gasteiger partial charge >= 0.3 is 12.0 Å². The Balaban J connectivity index is 1.99. The normalized spacial score (nSPS) is 31.8. The van der Waals surface area contributed by atoms with E-state index in [4.69, 9.17) is 0 Å². The number of likely N-dealkylation sites (tertiary alicyclic amines) is 2. The molecule has 0 aromatic carbocycles. The van der Waals surface area contributed by atoms with Gasteiger partial charge in [0.2, 0.25) is 0 Å². The molecule has 2 aliphatic rings. The van der Waals surface area contributed by atoms with Gasteiger partial charge in [0, 0.05) is 26.2 Å². The van der Waals surface area contributed by atoms with Crippen LogP contribution in [0.15, 0.2) is 0 Å². The van der Waals surface area contributed by atoms with E-state index in [0.29, 0.717) is 25.4 Å². The van der Waals surface area contributed by atoms with E-state index in [1.165, 1.54) is 6.42 Å². The smallest absolute Gasteiger partial charge is 0.320 e. The fourth-order valence-corrected chi connectivity index (χ4v) is 3.23. The Hall–Kier alpha value is -1.26. The Bertz CT molecular complexity index is 385. The molecule has 2 heterocycles. The molecule has 0 aromatic heterocycles. The van der Waals surface area contributed by atoms with Crippen molar-refractivity contribution < 1.29 is 14.7 Å². The topological polar surface area (TPSA) is 60.9 Å². The lowest BCUT2D eigenvalue weighted by Gasteiger charge is -2.39. The van der Waals surface area contributed by atoms with E-state index in [0.717, 1.165) is 32.4 Å². The minimum atomic E-state index is -0.792. The van der Waals surface area contributed by atoms with E-state index in [1.54, 1.807) is 11.8 Å². The van der Waals surface area contributed by atoms with Gasteiger partial charge in [-0.1, -0.05) is 6.92 Å². The molecule has 0 radical (unpaired) electrons. The summed E-state index contributed by atoms with van der Waals surface area (Å²) in [5, 5.41) is 9.34. The fraction of sp³-hybridized carbons (Fsp3) is 0.867. The number of aliphatic carboxylic acids is 1. The zero-order valence-electron chi connectivity index (χ0n) is 12.6. The van der Waals surface area contributed by atoms with Gasteiger partial charge in [-0.2, -0.15) is 0 Å². The van der Waals surface area contributed by atoms with Gasteiger partial charge in [-0.25, -0.2) is 4.79 Å². The lowest BCUT2D eigenvalue weighted by atomic mass is 9.82. The molecule has 0 aromatic rings. The van der Waals surface area contributed by atoms with E-state index in [2.05, 4.69) is 6.92 Å². The first kappa shape index (κ1) is 15.1. The number of carbonyl (C=O) groups is 2. The largest absolute Gasteiger partial charge is 0.481 e. The molecule has 5 heteroatoms. The predicted molar refractivity (Wildman–Crippen MR) is 76.5 cm³/mol. The van der Waals surface area contributed by atoms with Crippen molar-refractivity contribution in [2.75, 3.05) is 26.2 Å². The molecule has 0 aliphatic carbocycles. The summed E-state index contributed by atoms with van der Waals surface area (Å²) in [5.74, 6) is -0.113. The molecule has 20 heavy (non-hydrogen) atoms. The number of hydrogen-bond acceptors (Lipinski definition) is 2. The van der Waals surface area contributed by atoms with Crippen LogP contribution in [0.5, 0.6) is 0 Å². The zero-order valence-corrected chi connectivity index (χ0v) is 12.6. The van der Waals surface area contributed by atoms with Crippen LogP contribution in [0.3, 0.4) is 0 Å². The quantitative estimate of drug-likeness (QED) is 0.803. The highest BCUT2D eigenvalue weighted by Crippen LogP contribution is 2.30. The maximum absolute atomic E-state index is 12.6. The molecule has 0 saturated carbocycles. The Morgan fingerprint density at radius 1 is 1.10 bits per heavy atom. The van der Waals surface area contributed by atoms with Crippen molar-refractivity contribution in [3.8, 4) is 0 Å². The number of carbonyl (C=O) groups excluding carboxylic acids is 1. The Morgan fingerprint density at radius 3 is 2.50 bits per heavy atom. The van der Waals surface area contributed by atoms with E-state index in [1.807, 2.05) is 4.90 Å². The van der Waals surface area contributed by atoms with Gasteiger partial charge in [-0.05, 0) is 44.9 Å². The molecule has 2 saturated heterocycles. The average Bonchev–Trinajstić information content (AvgIpc) is 2.62. The summed E-state index contributed by atoms with van der Waals surface area (Å²) in [5.41, 5.74) is -0.785. The summed E-state index contributed by atoms with van der Waals surface area (Å²) in [6.07, 6.45) is 4.71. The number of amides is 2. The first-order chi connectivity index (χ1) is 9.42. The maximum Gasteiger partial charge on any atom is 0.320 e. The molecule has 2 atom stereocenters. The minimum Gasteiger partial charge on any atom is -0.481 e. The molecule has 2 amide bonds. The summed E-state index contributed by atoms with van der Waals surface area (Å²) < 4.78 is 0. The summed E-state index contributed by atoms with van der Waals surface area (Å²) in [4.78, 5) is 27.6. The molecule has 5 nitrogen and oxygen atoms in total.